The zero-order valence-electron chi connectivity index (χ0n) is 12.1. The fourth-order valence-corrected chi connectivity index (χ4v) is 2.76. The number of benzene rings is 1. The van der Waals surface area contributed by atoms with E-state index in [0.717, 1.165) is 39.3 Å². The van der Waals surface area contributed by atoms with Crippen LogP contribution >= 0.6 is 0 Å². The van der Waals surface area contributed by atoms with Crippen LogP contribution in [0.25, 0.3) is 0 Å². The molecule has 0 atom stereocenters. The van der Waals surface area contributed by atoms with E-state index < -0.39 is 0 Å². The summed E-state index contributed by atoms with van der Waals surface area (Å²) in [7, 11) is 1.97. The van der Waals surface area contributed by atoms with E-state index in [0.29, 0.717) is 0 Å². The molecule has 0 amide bonds. The maximum absolute atomic E-state index is 4.23. The summed E-state index contributed by atoms with van der Waals surface area (Å²) in [5.74, 6) is 0. The molecule has 4 nitrogen and oxygen atoms in total. The van der Waals surface area contributed by atoms with Crippen LogP contribution in [0.15, 0.2) is 42.7 Å². The molecular formula is C16H22N4. The zero-order chi connectivity index (χ0) is 13.8. The lowest BCUT2D eigenvalue weighted by molar-refractivity contribution is 0.122. The SMILES string of the molecule is Cn1cc(CN2CCN(Cc3ccccc3)CC2)cn1. The third kappa shape index (κ3) is 3.46. The minimum atomic E-state index is 1.02. The summed E-state index contributed by atoms with van der Waals surface area (Å²) in [6, 6.07) is 10.7. The first-order valence-electron chi connectivity index (χ1n) is 7.26. The Hall–Kier alpha value is -1.65. The normalized spacial score (nSPS) is 17.4. The first-order chi connectivity index (χ1) is 9.79. The van der Waals surface area contributed by atoms with E-state index in [9.17, 15) is 0 Å². The lowest BCUT2D eigenvalue weighted by Crippen LogP contribution is -2.45. The first kappa shape index (κ1) is 13.3. The van der Waals surface area contributed by atoms with Gasteiger partial charge in [-0.2, -0.15) is 5.10 Å². The molecule has 4 heteroatoms. The van der Waals surface area contributed by atoms with Crippen LogP contribution in [0, 0.1) is 0 Å². The highest BCUT2D eigenvalue weighted by Gasteiger charge is 2.17. The van der Waals surface area contributed by atoms with Gasteiger partial charge in [-0.1, -0.05) is 30.3 Å². The molecule has 106 valence electrons. The highest BCUT2D eigenvalue weighted by molar-refractivity contribution is 5.14. The molecule has 1 aliphatic rings. The number of aromatic nitrogens is 2. The fraction of sp³-hybridized carbons (Fsp3) is 0.438. The minimum Gasteiger partial charge on any atom is -0.297 e. The molecule has 0 aliphatic carbocycles. The minimum absolute atomic E-state index is 1.02. The van der Waals surface area contributed by atoms with Gasteiger partial charge >= 0.3 is 0 Å². The first-order valence-corrected chi connectivity index (χ1v) is 7.26. The number of hydrogen-bond acceptors (Lipinski definition) is 3. The van der Waals surface area contributed by atoms with Crippen molar-refractivity contribution in [1.82, 2.24) is 19.6 Å². The lowest BCUT2D eigenvalue weighted by Gasteiger charge is -2.34. The average molecular weight is 270 g/mol. The van der Waals surface area contributed by atoms with Crippen LogP contribution in [-0.4, -0.2) is 45.8 Å². The second kappa shape index (κ2) is 6.20. The molecule has 0 bridgehead atoms. The molecule has 2 heterocycles. The summed E-state index contributed by atoms with van der Waals surface area (Å²) in [5, 5.41) is 4.23. The Morgan fingerprint density at radius 1 is 0.900 bits per heavy atom. The molecule has 2 aromatic rings. The van der Waals surface area contributed by atoms with E-state index in [1.54, 1.807) is 0 Å². The van der Waals surface area contributed by atoms with Crippen LogP contribution in [0.5, 0.6) is 0 Å². The van der Waals surface area contributed by atoms with E-state index in [-0.39, 0.29) is 0 Å². The van der Waals surface area contributed by atoms with Crippen molar-refractivity contribution >= 4 is 0 Å². The third-order valence-corrected chi connectivity index (χ3v) is 3.88. The molecule has 0 radical (unpaired) electrons. The topological polar surface area (TPSA) is 24.3 Å². The maximum Gasteiger partial charge on any atom is 0.0534 e. The highest BCUT2D eigenvalue weighted by atomic mass is 15.3. The molecule has 0 unspecified atom stereocenters. The molecule has 1 aromatic carbocycles. The van der Waals surface area contributed by atoms with Gasteiger partial charge in [-0.05, 0) is 5.56 Å². The van der Waals surface area contributed by atoms with Crippen LogP contribution in [0.4, 0.5) is 0 Å². The van der Waals surface area contributed by atoms with Crippen molar-refractivity contribution < 1.29 is 0 Å². The summed E-state index contributed by atoms with van der Waals surface area (Å²) >= 11 is 0. The summed E-state index contributed by atoms with van der Waals surface area (Å²) in [6.45, 7) is 6.67. The van der Waals surface area contributed by atoms with Gasteiger partial charge in [0.15, 0.2) is 0 Å². The van der Waals surface area contributed by atoms with Gasteiger partial charge in [0.25, 0.3) is 0 Å². The standard InChI is InChI=1S/C16H22N4/c1-18-12-16(11-17-18)14-20-9-7-19(8-10-20)13-15-5-3-2-4-6-15/h2-6,11-12H,7-10,13-14H2,1H3. The Morgan fingerprint density at radius 3 is 2.05 bits per heavy atom. The summed E-state index contributed by atoms with van der Waals surface area (Å²) in [5.41, 5.74) is 2.72. The second-order valence-electron chi connectivity index (χ2n) is 5.56. The number of rotatable bonds is 4. The van der Waals surface area contributed by atoms with Gasteiger partial charge in [-0.15, -0.1) is 0 Å². The third-order valence-electron chi connectivity index (χ3n) is 3.88. The Kier molecular flexibility index (Phi) is 4.14. The van der Waals surface area contributed by atoms with Crippen molar-refractivity contribution in [2.45, 2.75) is 13.1 Å². The Balaban J connectivity index is 1.47. The van der Waals surface area contributed by atoms with Crippen LogP contribution < -0.4 is 0 Å². The number of piperazine rings is 1. The van der Waals surface area contributed by atoms with Gasteiger partial charge in [0.2, 0.25) is 0 Å². The molecule has 1 aromatic heterocycles. The molecule has 1 aliphatic heterocycles. The highest BCUT2D eigenvalue weighted by Crippen LogP contribution is 2.10. The van der Waals surface area contributed by atoms with Crippen LogP contribution in [0.2, 0.25) is 0 Å². The maximum atomic E-state index is 4.23. The zero-order valence-corrected chi connectivity index (χ0v) is 12.1. The molecule has 0 saturated carbocycles. The van der Waals surface area contributed by atoms with Crippen LogP contribution in [0.1, 0.15) is 11.1 Å². The van der Waals surface area contributed by atoms with Gasteiger partial charge < -0.3 is 0 Å². The van der Waals surface area contributed by atoms with Crippen molar-refractivity contribution in [3.63, 3.8) is 0 Å². The predicted octanol–water partition coefficient (Wildman–Crippen LogP) is 1.74. The smallest absolute Gasteiger partial charge is 0.0534 e. The van der Waals surface area contributed by atoms with Crippen molar-refractivity contribution in [3.05, 3.63) is 53.9 Å². The fourth-order valence-electron chi connectivity index (χ4n) is 2.76. The van der Waals surface area contributed by atoms with Gasteiger partial charge in [0.05, 0.1) is 6.20 Å². The van der Waals surface area contributed by atoms with E-state index in [4.69, 9.17) is 0 Å². The number of nitrogens with zero attached hydrogens (tertiary/aromatic N) is 4. The monoisotopic (exact) mass is 270 g/mol. The van der Waals surface area contributed by atoms with Gasteiger partial charge in [0.1, 0.15) is 0 Å². The molecule has 20 heavy (non-hydrogen) atoms. The quantitative estimate of drug-likeness (QED) is 0.846. The van der Waals surface area contributed by atoms with Crippen LogP contribution in [0.3, 0.4) is 0 Å². The number of aryl methyl sites for hydroxylation is 1. The summed E-state index contributed by atoms with van der Waals surface area (Å²) in [4.78, 5) is 5.05. The van der Waals surface area contributed by atoms with Gasteiger partial charge in [-0.25, -0.2) is 0 Å². The molecule has 1 saturated heterocycles. The number of hydrogen-bond donors (Lipinski definition) is 0. The van der Waals surface area contributed by atoms with E-state index in [1.165, 1.54) is 11.1 Å². The second-order valence-corrected chi connectivity index (χ2v) is 5.56. The van der Waals surface area contributed by atoms with Crippen molar-refractivity contribution in [3.8, 4) is 0 Å². The molecule has 3 rings (SSSR count). The Labute approximate surface area is 120 Å². The summed E-state index contributed by atoms with van der Waals surface area (Å²) in [6.07, 6.45) is 4.08. The van der Waals surface area contributed by atoms with E-state index in [2.05, 4.69) is 51.4 Å². The van der Waals surface area contributed by atoms with Crippen molar-refractivity contribution in [2.24, 2.45) is 7.05 Å². The average Bonchev–Trinajstić information content (AvgIpc) is 2.88. The predicted molar refractivity (Wildman–Crippen MR) is 80.2 cm³/mol. The molecule has 0 spiro atoms. The van der Waals surface area contributed by atoms with E-state index in [1.807, 2.05) is 17.9 Å². The largest absolute Gasteiger partial charge is 0.297 e. The van der Waals surface area contributed by atoms with Crippen molar-refractivity contribution in [2.75, 3.05) is 26.2 Å². The molecule has 0 N–H and O–H groups in total. The molecular weight excluding hydrogens is 248 g/mol. The van der Waals surface area contributed by atoms with Crippen LogP contribution in [-0.2, 0) is 20.1 Å². The van der Waals surface area contributed by atoms with E-state index >= 15 is 0 Å². The summed E-state index contributed by atoms with van der Waals surface area (Å²) < 4.78 is 1.88. The Morgan fingerprint density at radius 2 is 1.50 bits per heavy atom. The van der Waals surface area contributed by atoms with Crippen molar-refractivity contribution in [1.29, 1.82) is 0 Å². The Bertz CT molecular complexity index is 526. The van der Waals surface area contributed by atoms with Gasteiger partial charge in [-0.3, -0.25) is 14.5 Å². The lowest BCUT2D eigenvalue weighted by atomic mass is 10.2. The van der Waals surface area contributed by atoms with Gasteiger partial charge in [0, 0.05) is 58.1 Å². The molecule has 1 fully saturated rings.